The number of likely N-dealkylation sites (tertiary alicyclic amines) is 1. The van der Waals surface area contributed by atoms with Crippen molar-refractivity contribution in [2.45, 2.75) is 31.9 Å². The van der Waals surface area contributed by atoms with Gasteiger partial charge in [0.05, 0.1) is 5.41 Å². The fourth-order valence-electron chi connectivity index (χ4n) is 3.47. The number of amides is 1. The van der Waals surface area contributed by atoms with Gasteiger partial charge < -0.3 is 10.0 Å². The van der Waals surface area contributed by atoms with Crippen molar-refractivity contribution in [3.8, 4) is 0 Å². The quantitative estimate of drug-likeness (QED) is 0.875. The molecule has 1 unspecified atom stereocenters. The van der Waals surface area contributed by atoms with E-state index in [1.54, 1.807) is 24.3 Å². The summed E-state index contributed by atoms with van der Waals surface area (Å²) >= 11 is 6.12. The average molecular weight is 376 g/mol. The minimum absolute atomic E-state index is 0.199. The molecule has 8 heteroatoms. The largest absolute Gasteiger partial charge is 0.481 e. The highest BCUT2D eigenvalue weighted by Crippen LogP contribution is 2.53. The van der Waals surface area contributed by atoms with Gasteiger partial charge in [-0.15, -0.1) is 0 Å². The monoisotopic (exact) mass is 375 g/mol. The molecular weight excluding hydrogens is 359 g/mol. The van der Waals surface area contributed by atoms with Crippen LogP contribution in [0.15, 0.2) is 24.3 Å². The second kappa shape index (κ2) is 5.90. The molecule has 1 aromatic carbocycles. The lowest BCUT2D eigenvalue weighted by molar-refractivity contribution is -0.227. The fourth-order valence-corrected chi connectivity index (χ4v) is 3.67. The Morgan fingerprint density at radius 1 is 1.20 bits per heavy atom. The van der Waals surface area contributed by atoms with E-state index >= 15 is 0 Å². The van der Waals surface area contributed by atoms with E-state index in [9.17, 15) is 22.8 Å². The van der Waals surface area contributed by atoms with E-state index in [0.29, 0.717) is 24.3 Å². The second-order valence-electron chi connectivity index (χ2n) is 6.91. The number of carboxylic acid groups (broad SMARTS) is 1. The normalized spacial score (nSPS) is 25.0. The summed E-state index contributed by atoms with van der Waals surface area (Å²) in [7, 11) is 0. The molecule has 1 heterocycles. The number of halogens is 4. The lowest BCUT2D eigenvalue weighted by atomic mass is 9.86. The SMILES string of the molecule is O=C(N1CCC(C(=O)O)(C(F)(F)F)C1)C1(Cc2ccccc2Cl)CC1. The van der Waals surface area contributed by atoms with Gasteiger partial charge in [-0.05, 0) is 37.3 Å². The predicted octanol–water partition coefficient (Wildman–Crippen LogP) is 3.53. The minimum atomic E-state index is -4.90. The van der Waals surface area contributed by atoms with Crippen molar-refractivity contribution < 1.29 is 27.9 Å². The molecule has 1 aliphatic carbocycles. The van der Waals surface area contributed by atoms with Crippen molar-refractivity contribution in [1.29, 1.82) is 0 Å². The molecule has 2 aliphatic rings. The van der Waals surface area contributed by atoms with Crippen molar-refractivity contribution in [1.82, 2.24) is 4.90 Å². The first-order chi connectivity index (χ1) is 11.6. The van der Waals surface area contributed by atoms with Gasteiger partial charge >= 0.3 is 12.1 Å². The summed E-state index contributed by atoms with van der Waals surface area (Å²) in [6.07, 6.45) is -4.01. The van der Waals surface area contributed by atoms with Gasteiger partial charge in [0.2, 0.25) is 5.91 Å². The second-order valence-corrected chi connectivity index (χ2v) is 7.32. The first kappa shape index (κ1) is 18.0. The molecule has 1 amide bonds. The Morgan fingerprint density at radius 3 is 2.32 bits per heavy atom. The molecule has 136 valence electrons. The Hall–Kier alpha value is -1.76. The molecule has 1 aliphatic heterocycles. The van der Waals surface area contributed by atoms with Crippen molar-refractivity contribution in [2.24, 2.45) is 10.8 Å². The van der Waals surface area contributed by atoms with Gasteiger partial charge in [0, 0.05) is 18.1 Å². The Kier molecular flexibility index (Phi) is 4.26. The zero-order valence-corrected chi connectivity index (χ0v) is 14.0. The Labute approximate surface area is 147 Å². The van der Waals surface area contributed by atoms with E-state index in [1.165, 1.54) is 0 Å². The van der Waals surface area contributed by atoms with E-state index in [4.69, 9.17) is 16.7 Å². The van der Waals surface area contributed by atoms with Gasteiger partial charge in [-0.3, -0.25) is 9.59 Å². The van der Waals surface area contributed by atoms with Crippen LogP contribution in [0, 0.1) is 10.8 Å². The number of benzene rings is 1. The summed E-state index contributed by atoms with van der Waals surface area (Å²) in [6, 6.07) is 7.04. The number of hydrogen-bond donors (Lipinski definition) is 1. The van der Waals surface area contributed by atoms with Crippen LogP contribution in [0.2, 0.25) is 5.02 Å². The van der Waals surface area contributed by atoms with E-state index in [1.807, 2.05) is 0 Å². The lowest BCUT2D eigenvalue weighted by Crippen LogP contribution is -2.48. The maximum Gasteiger partial charge on any atom is 0.406 e. The third-order valence-corrected chi connectivity index (χ3v) is 5.67. The van der Waals surface area contributed by atoms with Crippen LogP contribution in [0.1, 0.15) is 24.8 Å². The molecule has 3 rings (SSSR count). The van der Waals surface area contributed by atoms with E-state index < -0.39 is 41.8 Å². The third-order valence-electron chi connectivity index (χ3n) is 5.30. The number of alkyl halides is 3. The average Bonchev–Trinajstić information content (AvgIpc) is 3.15. The molecular formula is C17H17ClF3NO3. The highest BCUT2D eigenvalue weighted by molar-refractivity contribution is 6.31. The summed E-state index contributed by atoms with van der Waals surface area (Å²) in [6.45, 7) is -1.02. The number of hydrogen-bond acceptors (Lipinski definition) is 2. The molecule has 0 spiro atoms. The zero-order valence-electron chi connectivity index (χ0n) is 13.3. The number of nitrogens with zero attached hydrogens (tertiary/aromatic N) is 1. The summed E-state index contributed by atoms with van der Waals surface area (Å²) in [5.41, 5.74) is -2.86. The van der Waals surface area contributed by atoms with Gasteiger partial charge in [-0.25, -0.2) is 0 Å². The fraction of sp³-hybridized carbons (Fsp3) is 0.529. The number of carboxylic acids is 1. The van der Waals surface area contributed by atoms with Crippen LogP contribution in [0.4, 0.5) is 13.2 Å². The van der Waals surface area contributed by atoms with E-state index in [-0.39, 0.29) is 6.54 Å². The van der Waals surface area contributed by atoms with Crippen molar-refractivity contribution in [3.63, 3.8) is 0 Å². The van der Waals surface area contributed by atoms with Gasteiger partial charge in [0.15, 0.2) is 5.41 Å². The Balaban J connectivity index is 1.78. The Morgan fingerprint density at radius 2 is 1.84 bits per heavy atom. The summed E-state index contributed by atoms with van der Waals surface area (Å²) in [5.74, 6) is -2.33. The maximum atomic E-state index is 13.3. The first-order valence-electron chi connectivity index (χ1n) is 7.94. The number of rotatable bonds is 4. The predicted molar refractivity (Wildman–Crippen MR) is 84.1 cm³/mol. The van der Waals surface area contributed by atoms with E-state index in [2.05, 4.69) is 0 Å². The van der Waals surface area contributed by atoms with Crippen LogP contribution in [-0.4, -0.2) is 41.1 Å². The molecule has 0 aromatic heterocycles. The zero-order chi connectivity index (χ0) is 18.5. The summed E-state index contributed by atoms with van der Waals surface area (Å²) < 4.78 is 39.8. The van der Waals surface area contributed by atoms with Crippen molar-refractivity contribution >= 4 is 23.5 Å². The molecule has 0 bridgehead atoms. The van der Waals surface area contributed by atoms with Crippen LogP contribution in [0.3, 0.4) is 0 Å². The van der Waals surface area contributed by atoms with Crippen LogP contribution in [-0.2, 0) is 16.0 Å². The molecule has 0 radical (unpaired) electrons. The van der Waals surface area contributed by atoms with Gasteiger partial charge in [-0.1, -0.05) is 29.8 Å². The van der Waals surface area contributed by atoms with Gasteiger partial charge in [-0.2, -0.15) is 13.2 Å². The molecule has 25 heavy (non-hydrogen) atoms. The van der Waals surface area contributed by atoms with Crippen LogP contribution < -0.4 is 0 Å². The topological polar surface area (TPSA) is 57.6 Å². The smallest absolute Gasteiger partial charge is 0.406 e. The molecule has 1 aromatic rings. The molecule has 1 atom stereocenters. The third kappa shape index (κ3) is 2.99. The first-order valence-corrected chi connectivity index (χ1v) is 8.32. The van der Waals surface area contributed by atoms with Gasteiger partial charge in [0.25, 0.3) is 0 Å². The lowest BCUT2D eigenvalue weighted by Gasteiger charge is -2.28. The van der Waals surface area contributed by atoms with Crippen LogP contribution in [0.5, 0.6) is 0 Å². The molecule has 2 fully saturated rings. The molecule has 1 saturated heterocycles. The van der Waals surface area contributed by atoms with Gasteiger partial charge in [0.1, 0.15) is 0 Å². The number of aliphatic carboxylic acids is 1. The number of carbonyl (C=O) groups excluding carboxylic acids is 1. The highest BCUT2D eigenvalue weighted by atomic mass is 35.5. The van der Waals surface area contributed by atoms with E-state index in [0.717, 1.165) is 10.5 Å². The Bertz CT molecular complexity index is 717. The maximum absolute atomic E-state index is 13.3. The highest BCUT2D eigenvalue weighted by Gasteiger charge is 2.65. The summed E-state index contributed by atoms with van der Waals surface area (Å²) in [5, 5.41) is 9.63. The number of carbonyl (C=O) groups is 2. The molecule has 1 N–H and O–H groups in total. The van der Waals surface area contributed by atoms with Crippen molar-refractivity contribution in [3.05, 3.63) is 34.9 Å². The van der Waals surface area contributed by atoms with Crippen LogP contribution in [0.25, 0.3) is 0 Å². The minimum Gasteiger partial charge on any atom is -0.481 e. The van der Waals surface area contributed by atoms with Crippen LogP contribution >= 0.6 is 11.6 Å². The van der Waals surface area contributed by atoms with Crippen molar-refractivity contribution in [2.75, 3.05) is 13.1 Å². The summed E-state index contributed by atoms with van der Waals surface area (Å²) in [4.78, 5) is 25.1. The molecule has 4 nitrogen and oxygen atoms in total. The molecule has 1 saturated carbocycles. The standard InChI is InChI=1S/C17H17ClF3NO3/c18-12-4-2-1-3-11(12)9-15(5-6-15)13(23)22-8-7-16(10-22,14(24)25)17(19,20)21/h1-4H,5-10H2,(H,24,25).